The molecular formula is C18H28N2O2. The van der Waals surface area contributed by atoms with Gasteiger partial charge < -0.3 is 9.84 Å². The maximum absolute atomic E-state index is 9.42. The van der Waals surface area contributed by atoms with Gasteiger partial charge in [-0.3, -0.25) is 9.80 Å². The Morgan fingerprint density at radius 2 is 2.00 bits per heavy atom. The van der Waals surface area contributed by atoms with Crippen LogP contribution in [0.1, 0.15) is 18.9 Å². The quantitative estimate of drug-likeness (QED) is 0.747. The SMILES string of the molecule is C=CCOc1ccccc1CN1CCN(C(CC)CO)CC1. The predicted octanol–water partition coefficient (Wildman–Crippen LogP) is 2.14. The van der Waals surface area contributed by atoms with Crippen LogP contribution in [0.4, 0.5) is 0 Å². The molecule has 1 unspecified atom stereocenters. The van der Waals surface area contributed by atoms with Crippen LogP contribution in [-0.2, 0) is 6.54 Å². The normalized spacial score (nSPS) is 18.1. The van der Waals surface area contributed by atoms with E-state index in [0.717, 1.165) is 44.9 Å². The summed E-state index contributed by atoms with van der Waals surface area (Å²) in [5.74, 6) is 0.951. The van der Waals surface area contributed by atoms with Crippen LogP contribution in [0.3, 0.4) is 0 Å². The average Bonchev–Trinajstić information content (AvgIpc) is 2.57. The second kappa shape index (κ2) is 8.93. The lowest BCUT2D eigenvalue weighted by Crippen LogP contribution is -2.50. The molecule has 0 aliphatic carbocycles. The molecule has 4 nitrogen and oxygen atoms in total. The highest BCUT2D eigenvalue weighted by atomic mass is 16.5. The maximum atomic E-state index is 9.42. The summed E-state index contributed by atoms with van der Waals surface area (Å²) in [5, 5.41) is 9.42. The van der Waals surface area contributed by atoms with Gasteiger partial charge in [0.05, 0.1) is 6.61 Å². The van der Waals surface area contributed by atoms with Gasteiger partial charge >= 0.3 is 0 Å². The van der Waals surface area contributed by atoms with Crippen LogP contribution in [0.5, 0.6) is 5.75 Å². The van der Waals surface area contributed by atoms with E-state index >= 15 is 0 Å². The molecule has 1 N–H and O–H groups in total. The number of hydrogen-bond donors (Lipinski definition) is 1. The zero-order valence-electron chi connectivity index (χ0n) is 13.6. The number of piperazine rings is 1. The van der Waals surface area contributed by atoms with Gasteiger partial charge in [-0.15, -0.1) is 0 Å². The van der Waals surface area contributed by atoms with Crippen molar-refractivity contribution in [2.75, 3.05) is 39.4 Å². The number of ether oxygens (including phenoxy) is 1. The van der Waals surface area contributed by atoms with Crippen LogP contribution in [0.2, 0.25) is 0 Å². The summed E-state index contributed by atoms with van der Waals surface area (Å²) in [6, 6.07) is 8.53. The van der Waals surface area contributed by atoms with Gasteiger partial charge in [-0.25, -0.2) is 0 Å². The summed E-state index contributed by atoms with van der Waals surface area (Å²) in [6.07, 6.45) is 2.78. The Morgan fingerprint density at radius 3 is 2.64 bits per heavy atom. The molecule has 1 aromatic carbocycles. The molecule has 0 saturated carbocycles. The van der Waals surface area contributed by atoms with Crippen molar-refractivity contribution in [3.05, 3.63) is 42.5 Å². The molecule has 0 spiro atoms. The van der Waals surface area contributed by atoms with E-state index in [2.05, 4.69) is 35.4 Å². The molecule has 122 valence electrons. The molecule has 1 aromatic rings. The summed E-state index contributed by atoms with van der Waals surface area (Å²) in [5.41, 5.74) is 1.23. The highest BCUT2D eigenvalue weighted by molar-refractivity contribution is 5.33. The first-order valence-electron chi connectivity index (χ1n) is 8.17. The number of rotatable bonds is 8. The number of aliphatic hydroxyl groups is 1. The second-order valence-electron chi connectivity index (χ2n) is 5.76. The minimum absolute atomic E-state index is 0.259. The van der Waals surface area contributed by atoms with Crippen molar-refractivity contribution in [1.82, 2.24) is 9.80 Å². The Labute approximate surface area is 134 Å². The van der Waals surface area contributed by atoms with Crippen molar-refractivity contribution in [3.63, 3.8) is 0 Å². The standard InChI is InChI=1S/C18H28N2O2/c1-3-13-22-18-8-6-5-7-16(18)14-19-9-11-20(12-10-19)17(4-2)15-21/h3,5-8,17,21H,1,4,9-15H2,2H3. The van der Waals surface area contributed by atoms with Crippen molar-refractivity contribution < 1.29 is 9.84 Å². The Hall–Kier alpha value is -1.36. The molecule has 0 bridgehead atoms. The fraction of sp³-hybridized carbons (Fsp3) is 0.556. The molecule has 1 atom stereocenters. The molecule has 0 radical (unpaired) electrons. The lowest BCUT2D eigenvalue weighted by atomic mass is 10.1. The Balaban J connectivity index is 1.89. The van der Waals surface area contributed by atoms with Crippen molar-refractivity contribution in [2.24, 2.45) is 0 Å². The van der Waals surface area contributed by atoms with E-state index in [4.69, 9.17) is 4.74 Å². The van der Waals surface area contributed by atoms with E-state index in [0.29, 0.717) is 12.6 Å². The molecule has 1 aliphatic rings. The third-order valence-electron chi connectivity index (χ3n) is 4.33. The molecular weight excluding hydrogens is 276 g/mol. The van der Waals surface area contributed by atoms with Gasteiger partial charge in [-0.2, -0.15) is 0 Å². The molecule has 0 aromatic heterocycles. The van der Waals surface area contributed by atoms with Gasteiger partial charge in [0.1, 0.15) is 12.4 Å². The van der Waals surface area contributed by atoms with E-state index in [1.807, 2.05) is 12.1 Å². The first-order chi connectivity index (χ1) is 10.8. The van der Waals surface area contributed by atoms with Crippen LogP contribution in [0.15, 0.2) is 36.9 Å². The summed E-state index contributed by atoms with van der Waals surface area (Å²) >= 11 is 0. The lowest BCUT2D eigenvalue weighted by molar-refractivity contribution is 0.0605. The van der Waals surface area contributed by atoms with Crippen LogP contribution < -0.4 is 4.74 Å². The number of para-hydroxylation sites is 1. The Morgan fingerprint density at radius 1 is 1.27 bits per heavy atom. The molecule has 1 saturated heterocycles. The molecule has 0 amide bonds. The van der Waals surface area contributed by atoms with Crippen LogP contribution >= 0.6 is 0 Å². The molecule has 22 heavy (non-hydrogen) atoms. The van der Waals surface area contributed by atoms with Gasteiger partial charge in [0.15, 0.2) is 0 Å². The third kappa shape index (κ3) is 4.57. The zero-order valence-corrected chi connectivity index (χ0v) is 13.6. The molecule has 1 fully saturated rings. The lowest BCUT2D eigenvalue weighted by Gasteiger charge is -2.38. The zero-order chi connectivity index (χ0) is 15.8. The van der Waals surface area contributed by atoms with E-state index in [9.17, 15) is 5.11 Å². The highest BCUT2D eigenvalue weighted by Crippen LogP contribution is 2.21. The molecule has 1 aliphatic heterocycles. The van der Waals surface area contributed by atoms with Gasteiger partial charge in [0.25, 0.3) is 0 Å². The van der Waals surface area contributed by atoms with E-state index in [-0.39, 0.29) is 6.61 Å². The van der Waals surface area contributed by atoms with E-state index in [1.165, 1.54) is 5.56 Å². The van der Waals surface area contributed by atoms with Gasteiger partial charge in [0, 0.05) is 44.3 Å². The number of aliphatic hydroxyl groups excluding tert-OH is 1. The molecule has 2 rings (SSSR count). The number of nitrogens with zero attached hydrogens (tertiary/aromatic N) is 2. The first-order valence-corrected chi connectivity index (χ1v) is 8.17. The van der Waals surface area contributed by atoms with Crippen molar-refractivity contribution in [1.29, 1.82) is 0 Å². The van der Waals surface area contributed by atoms with Crippen LogP contribution in [0, 0.1) is 0 Å². The van der Waals surface area contributed by atoms with Gasteiger partial charge in [-0.05, 0) is 12.5 Å². The predicted molar refractivity (Wildman–Crippen MR) is 90.1 cm³/mol. The maximum Gasteiger partial charge on any atom is 0.124 e. The summed E-state index contributed by atoms with van der Waals surface area (Å²) < 4.78 is 5.73. The summed E-state index contributed by atoms with van der Waals surface area (Å²) in [7, 11) is 0. The number of benzene rings is 1. The van der Waals surface area contributed by atoms with Gasteiger partial charge in [-0.1, -0.05) is 37.8 Å². The fourth-order valence-electron chi connectivity index (χ4n) is 2.95. The Kier molecular flexibility index (Phi) is 6.90. The van der Waals surface area contributed by atoms with Crippen molar-refractivity contribution in [2.45, 2.75) is 25.9 Å². The highest BCUT2D eigenvalue weighted by Gasteiger charge is 2.22. The number of hydrogen-bond acceptors (Lipinski definition) is 4. The van der Waals surface area contributed by atoms with E-state index in [1.54, 1.807) is 6.08 Å². The fourth-order valence-corrected chi connectivity index (χ4v) is 2.95. The van der Waals surface area contributed by atoms with Crippen molar-refractivity contribution in [3.8, 4) is 5.75 Å². The second-order valence-corrected chi connectivity index (χ2v) is 5.76. The largest absolute Gasteiger partial charge is 0.489 e. The van der Waals surface area contributed by atoms with E-state index < -0.39 is 0 Å². The van der Waals surface area contributed by atoms with Crippen molar-refractivity contribution >= 4 is 0 Å². The third-order valence-corrected chi connectivity index (χ3v) is 4.33. The minimum Gasteiger partial charge on any atom is -0.489 e. The monoisotopic (exact) mass is 304 g/mol. The van der Waals surface area contributed by atoms with Crippen LogP contribution in [0.25, 0.3) is 0 Å². The molecule has 1 heterocycles. The summed E-state index contributed by atoms with van der Waals surface area (Å²) in [6.45, 7) is 11.7. The Bertz CT molecular complexity index is 452. The minimum atomic E-state index is 0.259. The smallest absolute Gasteiger partial charge is 0.124 e. The summed E-state index contributed by atoms with van der Waals surface area (Å²) in [4.78, 5) is 4.85. The van der Waals surface area contributed by atoms with Gasteiger partial charge in [0.2, 0.25) is 0 Å². The average molecular weight is 304 g/mol. The topological polar surface area (TPSA) is 35.9 Å². The first kappa shape index (κ1) is 17.0. The molecule has 4 heteroatoms. The van der Waals surface area contributed by atoms with Crippen LogP contribution in [-0.4, -0.2) is 60.3 Å².